The van der Waals surface area contributed by atoms with Gasteiger partial charge in [-0.15, -0.1) is 0 Å². The van der Waals surface area contributed by atoms with Crippen molar-refractivity contribution in [3.63, 3.8) is 0 Å². The van der Waals surface area contributed by atoms with Gasteiger partial charge < -0.3 is 9.73 Å². The van der Waals surface area contributed by atoms with Gasteiger partial charge in [-0.25, -0.2) is 0 Å². The number of nitrogens with one attached hydrogen (secondary N) is 1. The third-order valence-corrected chi connectivity index (χ3v) is 4.58. The van der Waals surface area contributed by atoms with Crippen LogP contribution in [0.3, 0.4) is 0 Å². The minimum atomic E-state index is -0.0431. The summed E-state index contributed by atoms with van der Waals surface area (Å²) in [4.78, 5) is 24.1. The summed E-state index contributed by atoms with van der Waals surface area (Å²) in [6.45, 7) is 11.8. The molecule has 0 saturated heterocycles. The predicted octanol–water partition coefficient (Wildman–Crippen LogP) is 5.61. The Morgan fingerprint density at radius 2 is 1.65 bits per heavy atom. The molecule has 0 spiro atoms. The highest BCUT2D eigenvalue weighted by Crippen LogP contribution is 2.32. The molecule has 140 valence electrons. The topological polar surface area (TPSA) is 59.3 Å². The molecule has 1 heterocycles. The van der Waals surface area contributed by atoms with Crippen LogP contribution >= 0.6 is 0 Å². The van der Waals surface area contributed by atoms with Crippen molar-refractivity contribution >= 4 is 17.4 Å². The summed E-state index contributed by atoms with van der Waals surface area (Å²) in [6.07, 6.45) is 0.787. The zero-order chi connectivity index (χ0) is 19.4. The summed E-state index contributed by atoms with van der Waals surface area (Å²) in [7, 11) is 0. The number of hydrogen-bond donors (Lipinski definition) is 1. The molecule has 0 aliphatic heterocycles. The predicted molar refractivity (Wildman–Crippen MR) is 105 cm³/mol. The molecule has 0 bridgehead atoms. The normalized spacial score (nSPS) is 11.2. The van der Waals surface area contributed by atoms with Crippen LogP contribution in [0.2, 0.25) is 0 Å². The van der Waals surface area contributed by atoms with Crippen molar-refractivity contribution in [2.75, 3.05) is 5.32 Å². The van der Waals surface area contributed by atoms with E-state index in [4.69, 9.17) is 4.42 Å². The molecule has 1 amide bonds. The first-order valence-electron chi connectivity index (χ1n) is 9.23. The first-order valence-corrected chi connectivity index (χ1v) is 9.23. The lowest BCUT2D eigenvalue weighted by molar-refractivity contribution is -0.116. The third-order valence-electron chi connectivity index (χ3n) is 4.58. The molecule has 1 N–H and O–H groups in total. The largest absolute Gasteiger partial charge is 0.466 e. The van der Waals surface area contributed by atoms with Crippen LogP contribution in [0.5, 0.6) is 0 Å². The summed E-state index contributed by atoms with van der Waals surface area (Å²) < 4.78 is 5.60. The van der Waals surface area contributed by atoms with E-state index in [2.05, 4.69) is 51.2 Å². The van der Waals surface area contributed by atoms with Gasteiger partial charge in [-0.1, -0.05) is 45.9 Å². The van der Waals surface area contributed by atoms with Gasteiger partial charge in [-0.2, -0.15) is 0 Å². The SMILES string of the molecule is CC(=O)c1cc(CCC(=O)Nc2c(C(C)C)cccc2C(C)C)oc1C. The molecule has 0 aliphatic carbocycles. The molecule has 0 fully saturated rings. The molecule has 0 unspecified atom stereocenters. The van der Waals surface area contributed by atoms with Crippen molar-refractivity contribution in [2.24, 2.45) is 0 Å². The van der Waals surface area contributed by atoms with Gasteiger partial charge in [0, 0.05) is 18.5 Å². The number of para-hydroxylation sites is 1. The number of ketones is 1. The van der Waals surface area contributed by atoms with Crippen LogP contribution < -0.4 is 5.32 Å². The van der Waals surface area contributed by atoms with Crippen LogP contribution in [0.25, 0.3) is 0 Å². The molecule has 4 nitrogen and oxygen atoms in total. The van der Waals surface area contributed by atoms with Crippen LogP contribution in [-0.4, -0.2) is 11.7 Å². The molecule has 2 aromatic rings. The van der Waals surface area contributed by atoms with E-state index in [1.807, 2.05) is 0 Å². The van der Waals surface area contributed by atoms with E-state index in [1.165, 1.54) is 6.92 Å². The molecule has 1 aromatic heterocycles. The van der Waals surface area contributed by atoms with E-state index in [-0.39, 0.29) is 11.7 Å². The fourth-order valence-corrected chi connectivity index (χ4v) is 3.15. The summed E-state index contributed by atoms with van der Waals surface area (Å²) in [5, 5.41) is 3.11. The van der Waals surface area contributed by atoms with Crippen LogP contribution in [0, 0.1) is 6.92 Å². The Labute approximate surface area is 156 Å². The van der Waals surface area contributed by atoms with Crippen LogP contribution in [-0.2, 0) is 11.2 Å². The quantitative estimate of drug-likeness (QED) is 0.657. The molecule has 0 radical (unpaired) electrons. The van der Waals surface area contributed by atoms with E-state index in [0.717, 1.165) is 16.8 Å². The molecular weight excluding hydrogens is 326 g/mol. The van der Waals surface area contributed by atoms with E-state index in [0.29, 0.717) is 41.8 Å². The Kier molecular flexibility index (Phi) is 6.41. The second-order valence-corrected chi connectivity index (χ2v) is 7.41. The number of amides is 1. The van der Waals surface area contributed by atoms with E-state index in [1.54, 1.807) is 13.0 Å². The van der Waals surface area contributed by atoms with Gasteiger partial charge >= 0.3 is 0 Å². The minimum Gasteiger partial charge on any atom is -0.466 e. The van der Waals surface area contributed by atoms with E-state index in [9.17, 15) is 9.59 Å². The first kappa shape index (κ1) is 20.0. The lowest BCUT2D eigenvalue weighted by Gasteiger charge is -2.20. The summed E-state index contributed by atoms with van der Waals surface area (Å²) in [5.74, 6) is 1.88. The van der Waals surface area contributed by atoms with Gasteiger partial charge in [0.1, 0.15) is 11.5 Å². The Hall–Kier alpha value is -2.36. The number of furan rings is 1. The fourth-order valence-electron chi connectivity index (χ4n) is 3.15. The van der Waals surface area contributed by atoms with Gasteiger partial charge in [0.2, 0.25) is 5.91 Å². The minimum absolute atomic E-state index is 0.0191. The monoisotopic (exact) mass is 355 g/mol. The number of hydrogen-bond acceptors (Lipinski definition) is 3. The van der Waals surface area contributed by atoms with Crippen molar-refractivity contribution < 1.29 is 14.0 Å². The number of carbonyl (C=O) groups excluding carboxylic acids is 2. The van der Waals surface area contributed by atoms with Crippen molar-refractivity contribution in [2.45, 2.75) is 66.2 Å². The van der Waals surface area contributed by atoms with Crippen LogP contribution in [0.15, 0.2) is 28.7 Å². The Morgan fingerprint density at radius 1 is 1.08 bits per heavy atom. The van der Waals surface area contributed by atoms with Crippen LogP contribution in [0.1, 0.15) is 85.9 Å². The second kappa shape index (κ2) is 8.35. The highest BCUT2D eigenvalue weighted by atomic mass is 16.3. The highest BCUT2D eigenvalue weighted by Gasteiger charge is 2.17. The maximum Gasteiger partial charge on any atom is 0.224 e. The van der Waals surface area contributed by atoms with Gasteiger partial charge in [-0.3, -0.25) is 9.59 Å². The zero-order valence-electron chi connectivity index (χ0n) is 16.6. The first-order chi connectivity index (χ1) is 12.2. The van der Waals surface area contributed by atoms with Crippen molar-refractivity contribution in [1.29, 1.82) is 0 Å². The molecule has 0 atom stereocenters. The Balaban J connectivity index is 2.13. The summed E-state index contributed by atoms with van der Waals surface area (Å²) in [6, 6.07) is 7.93. The molecule has 26 heavy (non-hydrogen) atoms. The van der Waals surface area contributed by atoms with Gasteiger partial charge in [0.05, 0.1) is 5.56 Å². The number of rotatable bonds is 7. The zero-order valence-corrected chi connectivity index (χ0v) is 16.6. The number of aryl methyl sites for hydroxylation is 2. The Bertz CT molecular complexity index is 773. The lowest BCUT2D eigenvalue weighted by atomic mass is 9.92. The van der Waals surface area contributed by atoms with E-state index >= 15 is 0 Å². The average molecular weight is 355 g/mol. The maximum absolute atomic E-state index is 12.5. The fraction of sp³-hybridized carbons (Fsp3) is 0.455. The molecule has 1 aromatic carbocycles. The van der Waals surface area contributed by atoms with Gasteiger partial charge in [0.25, 0.3) is 0 Å². The van der Waals surface area contributed by atoms with Crippen molar-refractivity contribution in [1.82, 2.24) is 0 Å². The average Bonchev–Trinajstić information content (AvgIpc) is 2.93. The number of benzene rings is 1. The van der Waals surface area contributed by atoms with Crippen LogP contribution in [0.4, 0.5) is 5.69 Å². The molecular formula is C22H29NO3. The standard InChI is InChI=1S/C22H29NO3/c1-13(2)18-8-7-9-19(14(3)4)22(18)23-21(25)11-10-17-12-20(15(5)24)16(6)26-17/h7-9,12-14H,10-11H2,1-6H3,(H,23,25). The summed E-state index contributed by atoms with van der Waals surface area (Å²) >= 11 is 0. The van der Waals surface area contributed by atoms with Gasteiger partial charge in [0.15, 0.2) is 5.78 Å². The van der Waals surface area contributed by atoms with E-state index < -0.39 is 0 Å². The van der Waals surface area contributed by atoms with Crippen molar-refractivity contribution in [3.8, 4) is 0 Å². The number of Topliss-reactive ketones (excluding diaryl/α,β-unsaturated/α-hetero) is 1. The second-order valence-electron chi connectivity index (χ2n) is 7.41. The smallest absolute Gasteiger partial charge is 0.224 e. The van der Waals surface area contributed by atoms with Crippen molar-refractivity contribution in [3.05, 3.63) is 52.5 Å². The van der Waals surface area contributed by atoms with Gasteiger partial charge in [-0.05, 0) is 42.9 Å². The number of carbonyl (C=O) groups is 2. The molecule has 0 aliphatic rings. The molecule has 4 heteroatoms. The molecule has 0 saturated carbocycles. The summed E-state index contributed by atoms with van der Waals surface area (Å²) in [5.41, 5.74) is 3.82. The highest BCUT2D eigenvalue weighted by molar-refractivity contribution is 5.95. The third kappa shape index (κ3) is 4.63. The number of anilines is 1. The molecule has 2 rings (SSSR count). The maximum atomic E-state index is 12.5. The Morgan fingerprint density at radius 3 is 2.12 bits per heavy atom. The lowest BCUT2D eigenvalue weighted by Crippen LogP contribution is -2.16.